The summed E-state index contributed by atoms with van der Waals surface area (Å²) in [5.41, 5.74) is 2.65. The van der Waals surface area contributed by atoms with Crippen molar-refractivity contribution in [3.05, 3.63) is 48.5 Å². The van der Waals surface area contributed by atoms with E-state index in [9.17, 15) is 4.57 Å². The Labute approximate surface area is 143 Å². The van der Waals surface area contributed by atoms with E-state index in [4.69, 9.17) is 13.8 Å². The molecule has 0 heterocycles. The number of anilines is 1. The second kappa shape index (κ2) is 8.34. The first-order chi connectivity index (χ1) is 11.6. The van der Waals surface area contributed by atoms with Crippen LogP contribution in [0.2, 0.25) is 0 Å². The van der Waals surface area contributed by atoms with Gasteiger partial charge in [-0.05, 0) is 37.6 Å². The molecule has 0 spiro atoms. The molecule has 130 valence electrons. The fourth-order valence-electron chi connectivity index (χ4n) is 2.44. The molecule has 0 fully saturated rings. The quantitative estimate of drug-likeness (QED) is 0.629. The highest BCUT2D eigenvalue weighted by molar-refractivity contribution is 7.55. The first kappa shape index (κ1) is 18.5. The van der Waals surface area contributed by atoms with Crippen LogP contribution in [0, 0.1) is 0 Å². The normalized spacial score (nSPS) is 11.3. The fourth-order valence-corrected chi connectivity index (χ4v) is 3.95. The lowest BCUT2D eigenvalue weighted by atomic mass is 10.0. The van der Waals surface area contributed by atoms with Crippen LogP contribution < -0.4 is 9.41 Å². The third kappa shape index (κ3) is 3.99. The van der Waals surface area contributed by atoms with Gasteiger partial charge in [0.1, 0.15) is 5.75 Å². The van der Waals surface area contributed by atoms with Crippen molar-refractivity contribution in [2.75, 3.05) is 32.0 Å². The van der Waals surface area contributed by atoms with Crippen LogP contribution in [0.4, 0.5) is 5.69 Å². The summed E-state index contributed by atoms with van der Waals surface area (Å²) in [6.45, 7) is 4.20. The molecule has 2 rings (SSSR count). The van der Waals surface area contributed by atoms with Crippen LogP contribution in [0.5, 0.6) is 5.75 Å². The van der Waals surface area contributed by atoms with Crippen molar-refractivity contribution in [1.82, 2.24) is 0 Å². The zero-order valence-corrected chi connectivity index (χ0v) is 15.5. The van der Waals surface area contributed by atoms with Gasteiger partial charge in [-0.25, -0.2) is 4.57 Å². The predicted octanol–water partition coefficient (Wildman–Crippen LogP) is 4.98. The number of hydrogen-bond donors (Lipinski definition) is 0. The van der Waals surface area contributed by atoms with Crippen LogP contribution in [-0.4, -0.2) is 27.4 Å². The zero-order chi connectivity index (χ0) is 17.6. The molecule has 0 aliphatic heterocycles. The van der Waals surface area contributed by atoms with Crippen molar-refractivity contribution in [2.24, 2.45) is 0 Å². The third-order valence-corrected chi connectivity index (χ3v) is 5.71. The zero-order valence-electron chi connectivity index (χ0n) is 14.6. The molecule has 0 unspecified atom stereocenters. The molecule has 0 saturated heterocycles. The van der Waals surface area contributed by atoms with E-state index < -0.39 is 7.75 Å². The monoisotopic (exact) mass is 349 g/mol. The minimum Gasteiger partial charge on any atom is -0.497 e. The van der Waals surface area contributed by atoms with Crippen molar-refractivity contribution in [2.45, 2.75) is 13.8 Å². The number of ether oxygens (including phenoxy) is 1. The average Bonchev–Trinajstić information content (AvgIpc) is 2.61. The van der Waals surface area contributed by atoms with Crippen LogP contribution in [0.3, 0.4) is 0 Å². The van der Waals surface area contributed by atoms with Gasteiger partial charge < -0.3 is 4.74 Å². The maximum Gasteiger partial charge on any atom is 0.435 e. The van der Waals surface area contributed by atoms with Gasteiger partial charge in [-0.2, -0.15) is 0 Å². The topological polar surface area (TPSA) is 48.0 Å². The molecule has 0 aromatic heterocycles. The predicted molar refractivity (Wildman–Crippen MR) is 97.7 cm³/mol. The minimum atomic E-state index is -3.41. The standard InChI is InChI=1S/C18H24NO4P/c1-5-22-24(20,23-6-2)19(3)18-13-12-16(21-4)14-17(18)15-10-8-7-9-11-15/h7-14H,5-6H2,1-4H3. The Morgan fingerprint density at radius 2 is 1.62 bits per heavy atom. The molecule has 0 radical (unpaired) electrons. The minimum absolute atomic E-state index is 0.304. The molecule has 0 atom stereocenters. The molecule has 0 amide bonds. The van der Waals surface area contributed by atoms with Crippen LogP contribution in [0.15, 0.2) is 48.5 Å². The number of benzene rings is 2. The SMILES string of the molecule is CCOP(=O)(OCC)N(C)c1ccc(OC)cc1-c1ccccc1. The van der Waals surface area contributed by atoms with Gasteiger partial charge >= 0.3 is 7.75 Å². The van der Waals surface area contributed by atoms with Crippen LogP contribution in [0.25, 0.3) is 11.1 Å². The lowest BCUT2D eigenvalue weighted by Gasteiger charge is -2.29. The van der Waals surface area contributed by atoms with Gasteiger partial charge in [-0.1, -0.05) is 30.3 Å². The van der Waals surface area contributed by atoms with Gasteiger partial charge in [0.25, 0.3) is 0 Å². The highest BCUT2D eigenvalue weighted by Crippen LogP contribution is 2.54. The Kier molecular flexibility index (Phi) is 6.44. The summed E-state index contributed by atoms with van der Waals surface area (Å²) in [6, 6.07) is 15.5. The molecule has 0 N–H and O–H groups in total. The van der Waals surface area contributed by atoms with E-state index in [0.717, 1.165) is 22.6 Å². The second-order valence-corrected chi connectivity index (χ2v) is 7.13. The summed E-state index contributed by atoms with van der Waals surface area (Å²) in [5, 5.41) is 0. The fraction of sp³-hybridized carbons (Fsp3) is 0.333. The molecule has 0 bridgehead atoms. The van der Waals surface area contributed by atoms with E-state index in [2.05, 4.69) is 0 Å². The average molecular weight is 349 g/mol. The van der Waals surface area contributed by atoms with Crippen molar-refractivity contribution < 1.29 is 18.3 Å². The van der Waals surface area contributed by atoms with Crippen molar-refractivity contribution in [3.8, 4) is 16.9 Å². The summed E-state index contributed by atoms with van der Waals surface area (Å²) in [6.07, 6.45) is 0. The van der Waals surface area contributed by atoms with Crippen LogP contribution in [0.1, 0.15) is 13.8 Å². The molecule has 0 aliphatic carbocycles. The first-order valence-electron chi connectivity index (χ1n) is 7.92. The summed E-state index contributed by atoms with van der Waals surface area (Å²) < 4.78 is 31.0. The molecule has 2 aromatic carbocycles. The van der Waals surface area contributed by atoms with Gasteiger partial charge in [0.15, 0.2) is 0 Å². The first-order valence-corrected chi connectivity index (χ1v) is 9.42. The Morgan fingerprint density at radius 3 is 2.17 bits per heavy atom. The smallest absolute Gasteiger partial charge is 0.435 e. The molecular weight excluding hydrogens is 325 g/mol. The molecule has 0 aliphatic rings. The maximum atomic E-state index is 13.1. The maximum absolute atomic E-state index is 13.1. The number of methoxy groups -OCH3 is 1. The molecule has 2 aromatic rings. The lowest BCUT2D eigenvalue weighted by molar-refractivity contribution is 0.219. The van der Waals surface area contributed by atoms with Crippen LogP contribution in [-0.2, 0) is 13.6 Å². The van der Waals surface area contributed by atoms with E-state index in [1.54, 1.807) is 32.7 Å². The highest BCUT2D eigenvalue weighted by Gasteiger charge is 2.32. The molecule has 24 heavy (non-hydrogen) atoms. The van der Waals surface area contributed by atoms with Gasteiger partial charge in [-0.15, -0.1) is 0 Å². The van der Waals surface area contributed by atoms with E-state index >= 15 is 0 Å². The molecule has 6 heteroatoms. The number of hydrogen-bond acceptors (Lipinski definition) is 4. The number of rotatable bonds is 8. The summed E-state index contributed by atoms with van der Waals surface area (Å²) in [4.78, 5) is 0. The number of nitrogens with zero attached hydrogens (tertiary/aromatic N) is 1. The van der Waals surface area contributed by atoms with E-state index in [1.165, 1.54) is 0 Å². The Bertz CT molecular complexity index is 695. The summed E-state index contributed by atoms with van der Waals surface area (Å²) >= 11 is 0. The van der Waals surface area contributed by atoms with E-state index in [-0.39, 0.29) is 0 Å². The lowest BCUT2D eigenvalue weighted by Crippen LogP contribution is -2.18. The van der Waals surface area contributed by atoms with E-state index in [0.29, 0.717) is 13.2 Å². The molecule has 0 saturated carbocycles. The third-order valence-electron chi connectivity index (χ3n) is 3.59. The summed E-state index contributed by atoms with van der Waals surface area (Å²) in [5.74, 6) is 0.730. The van der Waals surface area contributed by atoms with E-state index in [1.807, 2.05) is 48.5 Å². The summed E-state index contributed by atoms with van der Waals surface area (Å²) in [7, 11) is -0.0644. The highest BCUT2D eigenvalue weighted by atomic mass is 31.2. The van der Waals surface area contributed by atoms with Gasteiger partial charge in [-0.3, -0.25) is 13.7 Å². The largest absolute Gasteiger partial charge is 0.497 e. The van der Waals surface area contributed by atoms with Crippen molar-refractivity contribution in [1.29, 1.82) is 0 Å². The Hall–Kier alpha value is -1.81. The Morgan fingerprint density at radius 1 is 1.00 bits per heavy atom. The van der Waals surface area contributed by atoms with Crippen molar-refractivity contribution >= 4 is 13.4 Å². The van der Waals surface area contributed by atoms with Gasteiger partial charge in [0.05, 0.1) is 26.0 Å². The molecule has 5 nitrogen and oxygen atoms in total. The second-order valence-electron chi connectivity index (χ2n) is 5.08. The van der Waals surface area contributed by atoms with Crippen molar-refractivity contribution in [3.63, 3.8) is 0 Å². The van der Waals surface area contributed by atoms with Gasteiger partial charge in [0, 0.05) is 12.6 Å². The Balaban J connectivity index is 2.54. The van der Waals surface area contributed by atoms with Crippen LogP contribution >= 0.6 is 7.75 Å². The van der Waals surface area contributed by atoms with Gasteiger partial charge in [0.2, 0.25) is 0 Å². The molecular formula is C18H24NO4P.